The highest BCUT2D eigenvalue weighted by Crippen LogP contribution is 2.32. The van der Waals surface area contributed by atoms with Gasteiger partial charge >= 0.3 is 0 Å². The molecule has 0 aromatic carbocycles. The molecule has 3 heteroatoms. The fraction of sp³-hybridized carbons (Fsp3) is 0.769. The van der Waals surface area contributed by atoms with Gasteiger partial charge in [-0.3, -0.25) is 4.68 Å². The monoisotopic (exact) mass is 221 g/mol. The summed E-state index contributed by atoms with van der Waals surface area (Å²) in [6.07, 6.45) is 10.2. The zero-order chi connectivity index (χ0) is 11.4. The first kappa shape index (κ1) is 11.6. The Balaban J connectivity index is 2.12. The van der Waals surface area contributed by atoms with E-state index in [1.54, 1.807) is 0 Å². The predicted molar refractivity (Wildman–Crippen MR) is 66.2 cm³/mol. The van der Waals surface area contributed by atoms with E-state index < -0.39 is 0 Å². The molecule has 0 aliphatic heterocycles. The Morgan fingerprint density at radius 1 is 1.31 bits per heavy atom. The Kier molecular flexibility index (Phi) is 3.99. The standard InChI is InChI=1S/C13H23N3/c1-14-13(12-9-10-15-16(12)2)11-7-5-3-4-6-8-11/h9-11,13-14H,3-8H2,1-2H3. The molecular weight excluding hydrogens is 198 g/mol. The minimum atomic E-state index is 0.477. The van der Waals surface area contributed by atoms with Crippen LogP contribution in [0.25, 0.3) is 0 Å². The Hall–Kier alpha value is -0.830. The van der Waals surface area contributed by atoms with Gasteiger partial charge in [0.05, 0.1) is 11.7 Å². The van der Waals surface area contributed by atoms with Crippen molar-refractivity contribution in [3.05, 3.63) is 18.0 Å². The second-order valence-electron chi connectivity index (χ2n) is 4.90. The fourth-order valence-electron chi connectivity index (χ4n) is 2.96. The Morgan fingerprint density at radius 3 is 2.50 bits per heavy atom. The molecule has 1 heterocycles. The Morgan fingerprint density at radius 2 is 2.00 bits per heavy atom. The number of nitrogens with zero attached hydrogens (tertiary/aromatic N) is 2. The molecule has 1 fully saturated rings. The summed E-state index contributed by atoms with van der Waals surface area (Å²) in [7, 11) is 4.11. The highest BCUT2D eigenvalue weighted by molar-refractivity contribution is 5.08. The van der Waals surface area contributed by atoms with Gasteiger partial charge < -0.3 is 5.32 Å². The van der Waals surface area contributed by atoms with Crippen LogP contribution in [0, 0.1) is 5.92 Å². The van der Waals surface area contributed by atoms with E-state index >= 15 is 0 Å². The molecule has 1 aliphatic carbocycles. The van der Waals surface area contributed by atoms with Crippen LogP contribution >= 0.6 is 0 Å². The van der Waals surface area contributed by atoms with Gasteiger partial charge in [0.2, 0.25) is 0 Å². The molecule has 1 aliphatic rings. The first-order chi connectivity index (χ1) is 7.83. The Labute approximate surface area is 98.2 Å². The Bertz CT molecular complexity index is 311. The average Bonchev–Trinajstić information content (AvgIpc) is 2.57. The summed E-state index contributed by atoms with van der Waals surface area (Å²) in [5.41, 5.74) is 1.33. The molecule has 0 amide bonds. The quantitative estimate of drug-likeness (QED) is 0.795. The van der Waals surface area contributed by atoms with E-state index in [2.05, 4.69) is 23.5 Å². The maximum absolute atomic E-state index is 4.28. The van der Waals surface area contributed by atoms with Gasteiger partial charge in [0, 0.05) is 13.2 Å². The largest absolute Gasteiger partial charge is 0.311 e. The van der Waals surface area contributed by atoms with E-state index in [1.807, 2.05) is 17.9 Å². The second-order valence-corrected chi connectivity index (χ2v) is 4.90. The minimum absolute atomic E-state index is 0.477. The molecule has 2 rings (SSSR count). The zero-order valence-corrected chi connectivity index (χ0v) is 10.4. The van der Waals surface area contributed by atoms with Gasteiger partial charge in [-0.25, -0.2) is 0 Å². The van der Waals surface area contributed by atoms with Gasteiger partial charge in [-0.05, 0) is 31.9 Å². The average molecular weight is 221 g/mol. The van der Waals surface area contributed by atoms with E-state index in [4.69, 9.17) is 0 Å². The lowest BCUT2D eigenvalue weighted by atomic mass is 9.90. The fourth-order valence-corrected chi connectivity index (χ4v) is 2.96. The third-order valence-corrected chi connectivity index (χ3v) is 3.86. The van der Waals surface area contributed by atoms with Crippen LogP contribution in [-0.2, 0) is 7.05 Å². The summed E-state index contributed by atoms with van der Waals surface area (Å²) in [6.45, 7) is 0. The molecule has 0 saturated heterocycles. The summed E-state index contributed by atoms with van der Waals surface area (Å²) in [5.74, 6) is 0.780. The van der Waals surface area contributed by atoms with E-state index in [0.29, 0.717) is 6.04 Å². The molecule has 90 valence electrons. The molecule has 0 bridgehead atoms. The van der Waals surface area contributed by atoms with Gasteiger partial charge in [0.25, 0.3) is 0 Å². The number of nitrogens with one attached hydrogen (secondary N) is 1. The van der Waals surface area contributed by atoms with Crippen molar-refractivity contribution in [2.24, 2.45) is 13.0 Å². The van der Waals surface area contributed by atoms with Crippen LogP contribution in [0.1, 0.15) is 50.3 Å². The number of aryl methyl sites for hydroxylation is 1. The highest BCUT2D eigenvalue weighted by Gasteiger charge is 2.24. The summed E-state index contributed by atoms with van der Waals surface area (Å²) >= 11 is 0. The van der Waals surface area contributed by atoms with Crippen molar-refractivity contribution in [3.63, 3.8) is 0 Å². The van der Waals surface area contributed by atoms with Crippen LogP contribution in [0.2, 0.25) is 0 Å². The highest BCUT2D eigenvalue weighted by atomic mass is 15.3. The second kappa shape index (κ2) is 5.48. The van der Waals surface area contributed by atoms with Gasteiger partial charge in [-0.2, -0.15) is 5.10 Å². The maximum Gasteiger partial charge on any atom is 0.0553 e. The molecule has 3 nitrogen and oxygen atoms in total. The number of hydrogen-bond acceptors (Lipinski definition) is 2. The molecular formula is C13H23N3. The lowest BCUT2D eigenvalue weighted by Gasteiger charge is -2.25. The van der Waals surface area contributed by atoms with Crippen molar-refractivity contribution in [1.82, 2.24) is 15.1 Å². The SMILES string of the molecule is CNC(c1ccnn1C)C1CCCCCC1. The predicted octanol–water partition coefficient (Wildman–Crippen LogP) is 2.65. The molecule has 1 atom stereocenters. The van der Waals surface area contributed by atoms with E-state index in [-0.39, 0.29) is 0 Å². The van der Waals surface area contributed by atoms with E-state index in [0.717, 1.165) is 5.92 Å². The smallest absolute Gasteiger partial charge is 0.0553 e. The van der Waals surface area contributed by atoms with Gasteiger partial charge in [0.15, 0.2) is 0 Å². The molecule has 1 aromatic heterocycles. The van der Waals surface area contributed by atoms with Crippen molar-refractivity contribution in [1.29, 1.82) is 0 Å². The molecule has 1 unspecified atom stereocenters. The zero-order valence-electron chi connectivity index (χ0n) is 10.4. The third-order valence-electron chi connectivity index (χ3n) is 3.86. The minimum Gasteiger partial charge on any atom is -0.311 e. The van der Waals surface area contributed by atoms with Crippen molar-refractivity contribution in [2.75, 3.05) is 7.05 Å². The van der Waals surface area contributed by atoms with Gasteiger partial charge in [-0.1, -0.05) is 25.7 Å². The lowest BCUT2D eigenvalue weighted by Crippen LogP contribution is -2.27. The van der Waals surface area contributed by atoms with Gasteiger partial charge in [0.1, 0.15) is 0 Å². The third kappa shape index (κ3) is 2.46. The molecule has 1 aromatic rings. The van der Waals surface area contributed by atoms with Crippen molar-refractivity contribution < 1.29 is 0 Å². The molecule has 1 saturated carbocycles. The summed E-state index contributed by atoms with van der Waals surface area (Å²) < 4.78 is 2.01. The molecule has 0 spiro atoms. The van der Waals surface area contributed by atoms with Crippen LogP contribution in [0.5, 0.6) is 0 Å². The topological polar surface area (TPSA) is 29.9 Å². The van der Waals surface area contributed by atoms with Crippen LogP contribution < -0.4 is 5.32 Å². The van der Waals surface area contributed by atoms with Crippen molar-refractivity contribution in [3.8, 4) is 0 Å². The first-order valence-electron chi connectivity index (χ1n) is 6.48. The van der Waals surface area contributed by atoms with E-state index in [9.17, 15) is 0 Å². The molecule has 0 radical (unpaired) electrons. The van der Waals surface area contributed by atoms with Crippen molar-refractivity contribution in [2.45, 2.75) is 44.6 Å². The summed E-state index contributed by atoms with van der Waals surface area (Å²) in [5, 5.41) is 7.76. The number of hydrogen-bond donors (Lipinski definition) is 1. The number of aromatic nitrogens is 2. The first-order valence-corrected chi connectivity index (χ1v) is 6.48. The van der Waals surface area contributed by atoms with Crippen LogP contribution in [0.15, 0.2) is 12.3 Å². The van der Waals surface area contributed by atoms with Crippen molar-refractivity contribution >= 4 is 0 Å². The summed E-state index contributed by atoms with van der Waals surface area (Å²) in [4.78, 5) is 0. The molecule has 1 N–H and O–H groups in total. The van der Waals surface area contributed by atoms with E-state index in [1.165, 1.54) is 44.2 Å². The van der Waals surface area contributed by atoms with Crippen LogP contribution in [-0.4, -0.2) is 16.8 Å². The molecule has 16 heavy (non-hydrogen) atoms. The normalized spacial score (nSPS) is 20.6. The summed E-state index contributed by atoms with van der Waals surface area (Å²) in [6, 6.07) is 2.62. The van der Waals surface area contributed by atoms with Crippen LogP contribution in [0.3, 0.4) is 0 Å². The number of rotatable bonds is 3. The maximum atomic E-state index is 4.28. The van der Waals surface area contributed by atoms with Crippen LogP contribution in [0.4, 0.5) is 0 Å². The van der Waals surface area contributed by atoms with Gasteiger partial charge in [-0.15, -0.1) is 0 Å². The lowest BCUT2D eigenvalue weighted by molar-refractivity contribution is 0.328.